The van der Waals surface area contributed by atoms with Gasteiger partial charge in [0.15, 0.2) is 0 Å². The van der Waals surface area contributed by atoms with Gasteiger partial charge in [0.05, 0.1) is 17.8 Å². The van der Waals surface area contributed by atoms with Gasteiger partial charge in [0.1, 0.15) is 6.04 Å². The van der Waals surface area contributed by atoms with Gasteiger partial charge in [-0.1, -0.05) is 33.1 Å². The van der Waals surface area contributed by atoms with E-state index in [2.05, 4.69) is 10.4 Å². The Hall–Kier alpha value is -1.85. The monoisotopic (exact) mass is 321 g/mol. The van der Waals surface area contributed by atoms with Crippen LogP contribution in [0.4, 0.5) is 0 Å². The van der Waals surface area contributed by atoms with E-state index in [9.17, 15) is 14.7 Å². The molecule has 128 valence electrons. The van der Waals surface area contributed by atoms with Crippen molar-refractivity contribution in [3.8, 4) is 0 Å². The van der Waals surface area contributed by atoms with Crippen molar-refractivity contribution in [2.45, 2.75) is 71.4 Å². The van der Waals surface area contributed by atoms with Crippen LogP contribution in [-0.2, 0) is 4.79 Å². The number of nitrogens with zero attached hydrogens (tertiary/aromatic N) is 2. The van der Waals surface area contributed by atoms with Crippen molar-refractivity contribution in [1.82, 2.24) is 15.1 Å². The highest BCUT2D eigenvalue weighted by atomic mass is 16.4. The first-order valence-electron chi connectivity index (χ1n) is 8.48. The summed E-state index contributed by atoms with van der Waals surface area (Å²) in [5.41, 5.74) is 1.30. The molecule has 2 rings (SSSR count). The van der Waals surface area contributed by atoms with E-state index < -0.39 is 12.0 Å². The Morgan fingerprint density at radius 2 is 2.00 bits per heavy atom. The molecule has 0 saturated heterocycles. The number of rotatable bonds is 6. The van der Waals surface area contributed by atoms with Crippen LogP contribution in [0.25, 0.3) is 0 Å². The van der Waals surface area contributed by atoms with Crippen LogP contribution in [-0.4, -0.2) is 32.8 Å². The molecule has 23 heavy (non-hydrogen) atoms. The quantitative estimate of drug-likeness (QED) is 0.843. The Morgan fingerprint density at radius 1 is 1.35 bits per heavy atom. The molecule has 1 saturated carbocycles. The molecule has 1 heterocycles. The summed E-state index contributed by atoms with van der Waals surface area (Å²) in [7, 11) is 0. The molecular weight excluding hydrogens is 294 g/mol. The lowest BCUT2D eigenvalue weighted by atomic mass is 9.95. The number of carboxylic acids is 1. The van der Waals surface area contributed by atoms with Crippen molar-refractivity contribution < 1.29 is 14.7 Å². The third-order valence-corrected chi connectivity index (χ3v) is 4.52. The Bertz CT molecular complexity index is 559. The Morgan fingerprint density at radius 3 is 2.57 bits per heavy atom. The molecule has 2 N–H and O–H groups in total. The second-order valence-electron chi connectivity index (χ2n) is 6.87. The zero-order valence-electron chi connectivity index (χ0n) is 14.2. The first kappa shape index (κ1) is 17.5. The predicted molar refractivity (Wildman–Crippen MR) is 87.4 cm³/mol. The van der Waals surface area contributed by atoms with E-state index in [-0.39, 0.29) is 11.8 Å². The lowest BCUT2D eigenvalue weighted by Gasteiger charge is -2.23. The molecular formula is C17H27N3O3. The molecule has 0 radical (unpaired) electrons. The van der Waals surface area contributed by atoms with E-state index in [1.165, 1.54) is 19.3 Å². The average Bonchev–Trinajstić information content (AvgIpc) is 2.88. The SMILES string of the molecule is Cc1c(C(=O)NC(CC(C)C)C(=O)O)cnn1C1CCCCC1. The fraction of sp³-hybridized carbons (Fsp3) is 0.706. The average molecular weight is 321 g/mol. The standard InChI is InChI=1S/C17H27N3O3/c1-11(2)9-15(17(22)23)19-16(21)14-10-18-20(12(14)3)13-7-5-4-6-8-13/h10-11,13,15H,4-9H2,1-3H3,(H,19,21)(H,22,23). The van der Waals surface area contributed by atoms with Gasteiger partial charge in [0.25, 0.3) is 5.91 Å². The number of carboxylic acid groups (broad SMARTS) is 1. The van der Waals surface area contributed by atoms with Crippen molar-refractivity contribution in [3.63, 3.8) is 0 Å². The molecule has 0 aliphatic heterocycles. The third-order valence-electron chi connectivity index (χ3n) is 4.52. The van der Waals surface area contributed by atoms with Crippen LogP contribution in [0.15, 0.2) is 6.20 Å². The molecule has 6 heteroatoms. The normalized spacial score (nSPS) is 17.2. The lowest BCUT2D eigenvalue weighted by Crippen LogP contribution is -2.41. The van der Waals surface area contributed by atoms with E-state index in [1.807, 2.05) is 25.5 Å². The van der Waals surface area contributed by atoms with E-state index >= 15 is 0 Å². The van der Waals surface area contributed by atoms with Crippen molar-refractivity contribution in [1.29, 1.82) is 0 Å². The maximum Gasteiger partial charge on any atom is 0.326 e. The first-order chi connectivity index (χ1) is 10.9. The number of aromatic nitrogens is 2. The van der Waals surface area contributed by atoms with Crippen molar-refractivity contribution >= 4 is 11.9 Å². The molecule has 0 spiro atoms. The van der Waals surface area contributed by atoms with Gasteiger partial charge in [-0.3, -0.25) is 9.48 Å². The molecule has 1 aromatic heterocycles. The van der Waals surface area contributed by atoms with Gasteiger partial charge in [0.2, 0.25) is 0 Å². The minimum atomic E-state index is -0.996. The van der Waals surface area contributed by atoms with Crippen molar-refractivity contribution in [2.75, 3.05) is 0 Å². The topological polar surface area (TPSA) is 84.2 Å². The fourth-order valence-electron chi connectivity index (χ4n) is 3.27. The van der Waals surface area contributed by atoms with E-state index in [0.29, 0.717) is 18.0 Å². The zero-order chi connectivity index (χ0) is 17.0. The highest BCUT2D eigenvalue weighted by Crippen LogP contribution is 2.29. The number of hydrogen-bond donors (Lipinski definition) is 2. The summed E-state index contributed by atoms with van der Waals surface area (Å²) in [5, 5.41) is 16.3. The number of amides is 1. The second-order valence-corrected chi connectivity index (χ2v) is 6.87. The zero-order valence-corrected chi connectivity index (χ0v) is 14.2. The molecule has 0 bridgehead atoms. The lowest BCUT2D eigenvalue weighted by molar-refractivity contribution is -0.139. The number of carbonyl (C=O) groups is 2. The van der Waals surface area contributed by atoms with Crippen LogP contribution >= 0.6 is 0 Å². The summed E-state index contributed by atoms with van der Waals surface area (Å²) in [6, 6.07) is -0.504. The Balaban J connectivity index is 2.10. The molecule has 1 fully saturated rings. The van der Waals surface area contributed by atoms with E-state index in [0.717, 1.165) is 18.5 Å². The van der Waals surface area contributed by atoms with Gasteiger partial charge >= 0.3 is 5.97 Å². The summed E-state index contributed by atoms with van der Waals surface area (Å²) in [4.78, 5) is 23.7. The Labute approximate surface area is 137 Å². The van der Waals surface area contributed by atoms with Crippen LogP contribution in [0.5, 0.6) is 0 Å². The van der Waals surface area contributed by atoms with Crippen molar-refractivity contribution in [3.05, 3.63) is 17.5 Å². The highest BCUT2D eigenvalue weighted by Gasteiger charge is 2.25. The number of aliphatic carboxylic acids is 1. The van der Waals surface area contributed by atoms with Crippen LogP contribution < -0.4 is 5.32 Å². The van der Waals surface area contributed by atoms with E-state index in [1.54, 1.807) is 6.20 Å². The summed E-state index contributed by atoms with van der Waals surface area (Å²) in [6.07, 6.45) is 7.81. The van der Waals surface area contributed by atoms with Gasteiger partial charge in [-0.25, -0.2) is 4.79 Å². The largest absolute Gasteiger partial charge is 0.480 e. The predicted octanol–water partition coefficient (Wildman–Crippen LogP) is 2.93. The first-order valence-corrected chi connectivity index (χ1v) is 8.48. The Kier molecular flexibility index (Phi) is 5.80. The summed E-state index contributed by atoms with van der Waals surface area (Å²) < 4.78 is 1.94. The van der Waals surface area contributed by atoms with Crippen LogP contribution in [0.1, 0.15) is 74.5 Å². The maximum absolute atomic E-state index is 12.4. The van der Waals surface area contributed by atoms with Gasteiger partial charge in [-0.2, -0.15) is 5.10 Å². The van der Waals surface area contributed by atoms with Crippen LogP contribution in [0.3, 0.4) is 0 Å². The molecule has 1 aliphatic carbocycles. The third kappa shape index (κ3) is 4.33. The smallest absolute Gasteiger partial charge is 0.326 e. The molecule has 1 unspecified atom stereocenters. The maximum atomic E-state index is 12.4. The molecule has 1 aliphatic rings. The van der Waals surface area contributed by atoms with E-state index in [4.69, 9.17) is 0 Å². The van der Waals surface area contributed by atoms with Gasteiger partial charge < -0.3 is 10.4 Å². The van der Waals surface area contributed by atoms with Crippen LogP contribution in [0.2, 0.25) is 0 Å². The highest BCUT2D eigenvalue weighted by molar-refractivity contribution is 5.97. The number of nitrogens with one attached hydrogen (secondary N) is 1. The minimum Gasteiger partial charge on any atom is -0.480 e. The number of carbonyl (C=O) groups excluding carboxylic acids is 1. The molecule has 0 aromatic carbocycles. The van der Waals surface area contributed by atoms with Gasteiger partial charge in [-0.05, 0) is 32.1 Å². The van der Waals surface area contributed by atoms with Gasteiger partial charge in [0, 0.05) is 5.69 Å². The fourth-order valence-corrected chi connectivity index (χ4v) is 3.27. The molecule has 1 amide bonds. The van der Waals surface area contributed by atoms with Crippen molar-refractivity contribution in [2.24, 2.45) is 5.92 Å². The number of hydrogen-bond acceptors (Lipinski definition) is 3. The summed E-state index contributed by atoms with van der Waals surface area (Å²) in [5.74, 6) is -1.15. The second kappa shape index (κ2) is 7.62. The van der Waals surface area contributed by atoms with Crippen LogP contribution in [0, 0.1) is 12.8 Å². The summed E-state index contributed by atoms with van der Waals surface area (Å²) >= 11 is 0. The molecule has 1 atom stereocenters. The molecule has 1 aromatic rings. The molecule has 6 nitrogen and oxygen atoms in total. The summed E-state index contributed by atoms with van der Waals surface area (Å²) in [6.45, 7) is 5.76. The minimum absolute atomic E-state index is 0.197. The van der Waals surface area contributed by atoms with Gasteiger partial charge in [-0.15, -0.1) is 0 Å².